The minimum atomic E-state index is -0.871. The van der Waals surface area contributed by atoms with Crippen molar-refractivity contribution in [3.63, 3.8) is 0 Å². The van der Waals surface area contributed by atoms with Gasteiger partial charge in [0.2, 0.25) is 0 Å². The molecular formula is C29H46N4O6. The van der Waals surface area contributed by atoms with Crippen molar-refractivity contribution in [1.29, 1.82) is 0 Å². The zero-order chi connectivity index (χ0) is 29.8. The predicted octanol–water partition coefficient (Wildman–Crippen LogP) is 4.07. The molecule has 0 aliphatic carbocycles. The first-order valence-corrected chi connectivity index (χ1v) is 12.8. The van der Waals surface area contributed by atoms with E-state index in [2.05, 4.69) is 23.6 Å². The van der Waals surface area contributed by atoms with Crippen molar-refractivity contribution in [3.8, 4) is 17.2 Å². The second kappa shape index (κ2) is 15.9. The second-order valence-corrected chi connectivity index (χ2v) is 10.6. The van der Waals surface area contributed by atoms with E-state index in [9.17, 15) is 14.7 Å². The Kier molecular flexibility index (Phi) is 13.8. The fraction of sp³-hybridized carbons (Fsp3) is 0.517. The molecule has 2 aromatic rings. The molecule has 10 heteroatoms. The number of nitrogens with one attached hydrogen (secondary N) is 2. The van der Waals surface area contributed by atoms with Gasteiger partial charge >= 0.3 is 12.2 Å². The SMILES string of the molecule is CN(C)C(=O)Oc1cc(OC(=O)N(C)C)cc(C(O)CNC(C)(C)C)c1.CNC(C)Cc1ccccc1OC. The number of β-amino-alcohol motifs (C(OH)–C–C–N with tert-alkyl or cyclic N) is 1. The highest BCUT2D eigenvalue weighted by Crippen LogP contribution is 2.28. The van der Waals surface area contributed by atoms with Gasteiger partial charge in [-0.05, 0) is 70.5 Å². The number of methoxy groups -OCH3 is 1. The van der Waals surface area contributed by atoms with Crippen LogP contribution in [-0.2, 0) is 6.42 Å². The van der Waals surface area contributed by atoms with Gasteiger partial charge in [-0.1, -0.05) is 18.2 Å². The minimum absolute atomic E-state index is 0.170. The van der Waals surface area contributed by atoms with E-state index in [0.717, 1.165) is 12.2 Å². The Morgan fingerprint density at radius 2 is 1.46 bits per heavy atom. The summed E-state index contributed by atoms with van der Waals surface area (Å²) in [6.07, 6.45) is -1.02. The van der Waals surface area contributed by atoms with Crippen LogP contribution in [0.1, 0.15) is 44.9 Å². The smallest absolute Gasteiger partial charge is 0.414 e. The van der Waals surface area contributed by atoms with Crippen molar-refractivity contribution in [2.24, 2.45) is 0 Å². The van der Waals surface area contributed by atoms with E-state index in [1.807, 2.05) is 46.0 Å². The molecule has 0 fully saturated rings. The third kappa shape index (κ3) is 12.8. The van der Waals surface area contributed by atoms with Crippen molar-refractivity contribution in [2.45, 2.75) is 51.8 Å². The summed E-state index contributed by atoms with van der Waals surface area (Å²) in [6.45, 7) is 8.40. The summed E-state index contributed by atoms with van der Waals surface area (Å²) in [4.78, 5) is 26.2. The van der Waals surface area contributed by atoms with Gasteiger partial charge in [0.15, 0.2) is 0 Å². The number of carbonyl (C=O) groups excluding carboxylic acids is 2. The lowest BCUT2D eigenvalue weighted by atomic mass is 10.1. The number of para-hydroxylation sites is 1. The van der Waals surface area contributed by atoms with Gasteiger partial charge < -0.3 is 39.8 Å². The maximum absolute atomic E-state index is 11.8. The predicted molar refractivity (Wildman–Crippen MR) is 154 cm³/mol. The maximum atomic E-state index is 11.8. The van der Waals surface area contributed by atoms with Crippen LogP contribution in [0.5, 0.6) is 17.2 Å². The lowest BCUT2D eigenvalue weighted by Crippen LogP contribution is -2.38. The molecule has 0 saturated heterocycles. The Morgan fingerprint density at radius 1 is 0.949 bits per heavy atom. The molecule has 3 N–H and O–H groups in total. The van der Waals surface area contributed by atoms with Crippen LogP contribution in [0.4, 0.5) is 9.59 Å². The third-order valence-corrected chi connectivity index (χ3v) is 5.46. The topological polar surface area (TPSA) is 113 Å². The van der Waals surface area contributed by atoms with Gasteiger partial charge in [-0.3, -0.25) is 0 Å². The molecule has 0 aromatic heterocycles. The fourth-order valence-electron chi connectivity index (χ4n) is 3.11. The Morgan fingerprint density at radius 3 is 1.90 bits per heavy atom. The van der Waals surface area contributed by atoms with Crippen LogP contribution in [0.2, 0.25) is 0 Å². The highest BCUT2D eigenvalue weighted by atomic mass is 16.6. The average Bonchev–Trinajstić information content (AvgIpc) is 2.87. The van der Waals surface area contributed by atoms with Crippen LogP contribution in [-0.4, -0.2) is 87.6 Å². The number of aliphatic hydroxyl groups excluding tert-OH is 1. The summed E-state index contributed by atoms with van der Waals surface area (Å²) in [6, 6.07) is 13.1. The third-order valence-electron chi connectivity index (χ3n) is 5.46. The molecule has 2 rings (SSSR count). The molecule has 0 bridgehead atoms. The summed E-state index contributed by atoms with van der Waals surface area (Å²) in [5.41, 5.74) is 1.55. The lowest BCUT2D eigenvalue weighted by Gasteiger charge is -2.23. The van der Waals surface area contributed by atoms with E-state index in [0.29, 0.717) is 11.6 Å². The summed E-state index contributed by atoms with van der Waals surface area (Å²) >= 11 is 0. The van der Waals surface area contributed by atoms with Crippen LogP contribution < -0.4 is 24.8 Å². The van der Waals surface area contributed by atoms with E-state index < -0.39 is 18.3 Å². The molecule has 218 valence electrons. The fourth-order valence-corrected chi connectivity index (χ4v) is 3.11. The van der Waals surface area contributed by atoms with Crippen LogP contribution in [0.25, 0.3) is 0 Å². The first-order valence-electron chi connectivity index (χ1n) is 12.8. The average molecular weight is 547 g/mol. The summed E-state index contributed by atoms with van der Waals surface area (Å²) < 4.78 is 15.8. The van der Waals surface area contributed by atoms with Crippen LogP contribution in [0.3, 0.4) is 0 Å². The Hall–Kier alpha value is -3.34. The number of ether oxygens (including phenoxy) is 3. The number of carbonyl (C=O) groups is 2. The zero-order valence-corrected chi connectivity index (χ0v) is 25.0. The number of amides is 2. The van der Waals surface area contributed by atoms with Crippen molar-refractivity contribution in [2.75, 3.05) is 48.9 Å². The van der Waals surface area contributed by atoms with Gasteiger partial charge in [0.25, 0.3) is 0 Å². The van der Waals surface area contributed by atoms with Crippen LogP contribution in [0.15, 0.2) is 42.5 Å². The Labute approximate surface area is 233 Å². The van der Waals surface area contributed by atoms with Crippen LogP contribution in [0, 0.1) is 0 Å². The van der Waals surface area contributed by atoms with Gasteiger partial charge in [-0.15, -0.1) is 0 Å². The summed E-state index contributed by atoms with van der Waals surface area (Å²) in [7, 11) is 9.91. The lowest BCUT2D eigenvalue weighted by molar-refractivity contribution is 0.159. The minimum Gasteiger partial charge on any atom is -0.496 e. The highest BCUT2D eigenvalue weighted by Gasteiger charge is 2.18. The quantitative estimate of drug-likeness (QED) is 0.432. The number of benzene rings is 2. The van der Waals surface area contributed by atoms with Gasteiger partial charge in [0.1, 0.15) is 17.2 Å². The standard InChI is InChI=1S/C18H29N3O5.C11H17NO/c1-18(2,3)19-11-15(22)12-8-13(25-16(23)20(4)5)10-14(9-12)26-17(24)21(6)7;1-9(12-2)8-10-6-4-5-7-11(10)13-3/h8-10,15,19,22H,11H2,1-7H3;4-7,9,12H,8H2,1-3H3. The largest absolute Gasteiger partial charge is 0.496 e. The molecule has 0 radical (unpaired) electrons. The number of nitrogens with zero attached hydrogens (tertiary/aromatic N) is 2. The van der Waals surface area contributed by atoms with Crippen molar-refractivity contribution in [3.05, 3.63) is 53.6 Å². The molecule has 0 spiro atoms. The molecule has 2 amide bonds. The van der Waals surface area contributed by atoms with E-state index >= 15 is 0 Å². The monoisotopic (exact) mass is 546 g/mol. The number of rotatable bonds is 9. The highest BCUT2D eigenvalue weighted by molar-refractivity contribution is 5.72. The van der Waals surface area contributed by atoms with E-state index in [1.54, 1.807) is 47.4 Å². The van der Waals surface area contributed by atoms with Crippen LogP contribution >= 0.6 is 0 Å². The number of aliphatic hydroxyl groups is 1. The molecule has 2 unspecified atom stereocenters. The summed E-state index contributed by atoms with van der Waals surface area (Å²) in [5.74, 6) is 1.33. The molecular weight excluding hydrogens is 500 g/mol. The van der Waals surface area contributed by atoms with Crippen molar-refractivity contribution < 1.29 is 28.9 Å². The zero-order valence-electron chi connectivity index (χ0n) is 25.0. The van der Waals surface area contributed by atoms with Crippen molar-refractivity contribution >= 4 is 12.2 Å². The second-order valence-electron chi connectivity index (χ2n) is 10.6. The Bertz CT molecular complexity index is 1010. The van der Waals surface area contributed by atoms with Gasteiger partial charge in [-0.2, -0.15) is 0 Å². The molecule has 0 heterocycles. The molecule has 39 heavy (non-hydrogen) atoms. The van der Waals surface area contributed by atoms with Crippen molar-refractivity contribution in [1.82, 2.24) is 20.4 Å². The molecule has 2 atom stereocenters. The number of hydrogen-bond donors (Lipinski definition) is 3. The summed E-state index contributed by atoms with van der Waals surface area (Å²) in [5, 5.41) is 16.9. The van der Waals surface area contributed by atoms with Gasteiger partial charge in [0.05, 0.1) is 13.2 Å². The number of likely N-dealkylation sites (N-methyl/N-ethyl adjacent to an activating group) is 1. The van der Waals surface area contributed by atoms with E-state index in [1.165, 1.54) is 21.4 Å². The molecule has 0 aliphatic heterocycles. The molecule has 10 nitrogen and oxygen atoms in total. The number of hydrogen-bond acceptors (Lipinski definition) is 8. The normalized spacial score (nSPS) is 12.4. The van der Waals surface area contributed by atoms with Gasteiger partial charge in [0, 0.05) is 52.4 Å². The van der Waals surface area contributed by atoms with Gasteiger partial charge in [-0.25, -0.2) is 9.59 Å². The first-order chi connectivity index (χ1) is 18.2. The first kappa shape index (κ1) is 33.7. The Balaban J connectivity index is 0.000000487. The van der Waals surface area contributed by atoms with E-state index in [-0.39, 0.29) is 23.6 Å². The molecule has 2 aromatic carbocycles. The van der Waals surface area contributed by atoms with E-state index in [4.69, 9.17) is 14.2 Å². The maximum Gasteiger partial charge on any atom is 0.414 e. The molecule has 0 saturated carbocycles. The molecule has 0 aliphatic rings.